The molecular formula is C18H25NO3. The van der Waals surface area contributed by atoms with Crippen LogP contribution in [0.25, 0.3) is 6.08 Å². The molecular weight excluding hydrogens is 278 g/mol. The third-order valence-electron chi connectivity index (χ3n) is 4.01. The van der Waals surface area contributed by atoms with Gasteiger partial charge in [0.25, 0.3) is 0 Å². The van der Waals surface area contributed by atoms with Crippen LogP contribution in [0.3, 0.4) is 0 Å². The molecule has 1 aliphatic rings. The first-order valence-electron chi connectivity index (χ1n) is 7.72. The molecule has 22 heavy (non-hydrogen) atoms. The molecule has 1 aromatic rings. The monoisotopic (exact) mass is 303 g/mol. The molecule has 2 rings (SSSR count). The highest BCUT2D eigenvalue weighted by molar-refractivity contribution is 5.92. The van der Waals surface area contributed by atoms with Crippen LogP contribution in [-0.2, 0) is 4.79 Å². The van der Waals surface area contributed by atoms with Gasteiger partial charge in [0, 0.05) is 19.2 Å². The van der Waals surface area contributed by atoms with Crippen molar-refractivity contribution in [2.45, 2.75) is 20.3 Å². The summed E-state index contributed by atoms with van der Waals surface area (Å²) in [6.45, 7) is 6.10. The summed E-state index contributed by atoms with van der Waals surface area (Å²) in [6.07, 6.45) is 4.67. The zero-order chi connectivity index (χ0) is 16.1. The zero-order valence-corrected chi connectivity index (χ0v) is 13.8. The maximum absolute atomic E-state index is 12.3. The normalized spacial score (nSPS) is 21.9. The summed E-state index contributed by atoms with van der Waals surface area (Å²) in [5.74, 6) is 2.57. The molecule has 0 radical (unpaired) electrons. The van der Waals surface area contributed by atoms with Crippen LogP contribution < -0.4 is 9.47 Å². The van der Waals surface area contributed by atoms with Crippen molar-refractivity contribution < 1.29 is 14.3 Å². The summed E-state index contributed by atoms with van der Waals surface area (Å²) in [5.41, 5.74) is 0.920. The van der Waals surface area contributed by atoms with E-state index in [0.29, 0.717) is 23.3 Å². The molecule has 4 heteroatoms. The van der Waals surface area contributed by atoms with Crippen LogP contribution >= 0.6 is 0 Å². The lowest BCUT2D eigenvalue weighted by Gasteiger charge is -2.34. The van der Waals surface area contributed by atoms with E-state index in [1.807, 2.05) is 29.2 Å². The topological polar surface area (TPSA) is 38.8 Å². The zero-order valence-electron chi connectivity index (χ0n) is 13.8. The van der Waals surface area contributed by atoms with Crippen LogP contribution in [0, 0.1) is 11.8 Å². The van der Waals surface area contributed by atoms with Gasteiger partial charge >= 0.3 is 0 Å². The van der Waals surface area contributed by atoms with E-state index in [-0.39, 0.29) is 5.91 Å². The highest BCUT2D eigenvalue weighted by Gasteiger charge is 2.23. The van der Waals surface area contributed by atoms with Crippen molar-refractivity contribution in [3.63, 3.8) is 0 Å². The Balaban J connectivity index is 2.06. The van der Waals surface area contributed by atoms with Crippen LogP contribution in [0.15, 0.2) is 24.3 Å². The molecule has 1 aliphatic heterocycles. The fraction of sp³-hybridized carbons (Fsp3) is 0.500. The van der Waals surface area contributed by atoms with Crippen molar-refractivity contribution >= 4 is 12.0 Å². The van der Waals surface area contributed by atoms with Gasteiger partial charge in [-0.25, -0.2) is 0 Å². The molecule has 2 atom stereocenters. The second-order valence-electron chi connectivity index (χ2n) is 6.14. The smallest absolute Gasteiger partial charge is 0.246 e. The van der Waals surface area contributed by atoms with Crippen LogP contribution in [-0.4, -0.2) is 38.1 Å². The van der Waals surface area contributed by atoms with Crippen molar-refractivity contribution in [2.24, 2.45) is 11.8 Å². The molecule has 0 spiro atoms. The quantitative estimate of drug-likeness (QED) is 0.802. The van der Waals surface area contributed by atoms with Crippen molar-refractivity contribution in [3.8, 4) is 11.5 Å². The van der Waals surface area contributed by atoms with E-state index in [2.05, 4.69) is 13.8 Å². The molecule has 0 saturated carbocycles. The van der Waals surface area contributed by atoms with Gasteiger partial charge < -0.3 is 14.4 Å². The summed E-state index contributed by atoms with van der Waals surface area (Å²) < 4.78 is 10.5. The highest BCUT2D eigenvalue weighted by atomic mass is 16.5. The Hall–Kier alpha value is -1.97. The minimum absolute atomic E-state index is 0.0770. The number of carbonyl (C=O) groups is 1. The number of methoxy groups -OCH3 is 2. The number of hydrogen-bond acceptors (Lipinski definition) is 3. The van der Waals surface area contributed by atoms with Crippen LogP contribution in [0.1, 0.15) is 25.8 Å². The summed E-state index contributed by atoms with van der Waals surface area (Å²) in [6, 6.07) is 5.62. The molecule has 120 valence electrons. The summed E-state index contributed by atoms with van der Waals surface area (Å²) in [4.78, 5) is 14.3. The van der Waals surface area contributed by atoms with Gasteiger partial charge in [-0.15, -0.1) is 0 Å². The van der Waals surface area contributed by atoms with E-state index in [1.165, 1.54) is 6.42 Å². The highest BCUT2D eigenvalue weighted by Crippen LogP contribution is 2.28. The lowest BCUT2D eigenvalue weighted by atomic mass is 9.92. The Kier molecular flexibility index (Phi) is 5.47. The summed E-state index contributed by atoms with van der Waals surface area (Å²) in [5, 5.41) is 0. The maximum Gasteiger partial charge on any atom is 0.246 e. The molecule has 1 saturated heterocycles. The number of nitrogens with zero attached hydrogens (tertiary/aromatic N) is 1. The third-order valence-corrected chi connectivity index (χ3v) is 4.01. The molecule has 1 fully saturated rings. The molecule has 1 amide bonds. The van der Waals surface area contributed by atoms with E-state index < -0.39 is 0 Å². The van der Waals surface area contributed by atoms with Gasteiger partial charge in [-0.3, -0.25) is 4.79 Å². The van der Waals surface area contributed by atoms with Crippen LogP contribution in [0.5, 0.6) is 11.5 Å². The average Bonchev–Trinajstić information content (AvgIpc) is 2.51. The van der Waals surface area contributed by atoms with Gasteiger partial charge in [0.1, 0.15) is 0 Å². The fourth-order valence-electron chi connectivity index (χ4n) is 3.07. The second-order valence-corrected chi connectivity index (χ2v) is 6.14. The van der Waals surface area contributed by atoms with E-state index >= 15 is 0 Å². The predicted molar refractivity (Wildman–Crippen MR) is 88.1 cm³/mol. The van der Waals surface area contributed by atoms with Crippen molar-refractivity contribution in [2.75, 3.05) is 27.3 Å². The molecule has 0 unspecified atom stereocenters. The van der Waals surface area contributed by atoms with E-state index in [0.717, 1.165) is 18.7 Å². The lowest BCUT2D eigenvalue weighted by Crippen LogP contribution is -2.41. The summed E-state index contributed by atoms with van der Waals surface area (Å²) >= 11 is 0. The Morgan fingerprint density at radius 3 is 2.36 bits per heavy atom. The third kappa shape index (κ3) is 4.03. The van der Waals surface area contributed by atoms with Gasteiger partial charge in [-0.05, 0) is 42.0 Å². The van der Waals surface area contributed by atoms with E-state index in [4.69, 9.17) is 9.47 Å². The number of rotatable bonds is 4. The van der Waals surface area contributed by atoms with E-state index in [9.17, 15) is 4.79 Å². The first-order chi connectivity index (χ1) is 10.5. The van der Waals surface area contributed by atoms with Crippen LogP contribution in [0.2, 0.25) is 0 Å². The number of ether oxygens (including phenoxy) is 2. The molecule has 0 aromatic heterocycles. The number of likely N-dealkylation sites (tertiary alicyclic amines) is 1. The Morgan fingerprint density at radius 2 is 1.77 bits per heavy atom. The second kappa shape index (κ2) is 7.34. The molecule has 1 heterocycles. The van der Waals surface area contributed by atoms with Gasteiger partial charge in [0.05, 0.1) is 14.2 Å². The SMILES string of the molecule is COc1ccc(/C=C/C(=O)N2C[C@H](C)C[C@H](C)C2)cc1OC. The Bertz CT molecular complexity index is 543. The molecule has 0 bridgehead atoms. The Labute approximate surface area is 132 Å². The number of benzene rings is 1. The van der Waals surface area contributed by atoms with Gasteiger partial charge in [-0.1, -0.05) is 19.9 Å². The first kappa shape index (κ1) is 16.4. The van der Waals surface area contributed by atoms with Gasteiger partial charge in [0.15, 0.2) is 11.5 Å². The molecule has 0 N–H and O–H groups in total. The average molecular weight is 303 g/mol. The lowest BCUT2D eigenvalue weighted by molar-refractivity contribution is -0.128. The number of piperidine rings is 1. The fourth-order valence-corrected chi connectivity index (χ4v) is 3.07. The standard InChI is InChI=1S/C18H25NO3/c1-13-9-14(2)12-19(11-13)18(20)8-6-15-5-7-16(21-3)17(10-15)22-4/h5-8,10,13-14H,9,11-12H2,1-4H3/b8-6+/t13-,14+. The largest absolute Gasteiger partial charge is 0.493 e. The van der Waals surface area contributed by atoms with Gasteiger partial charge in [0.2, 0.25) is 5.91 Å². The minimum atomic E-state index is 0.0770. The van der Waals surface area contributed by atoms with E-state index in [1.54, 1.807) is 20.3 Å². The number of carbonyl (C=O) groups excluding carboxylic acids is 1. The maximum atomic E-state index is 12.3. The first-order valence-corrected chi connectivity index (χ1v) is 7.72. The van der Waals surface area contributed by atoms with Crippen molar-refractivity contribution in [1.29, 1.82) is 0 Å². The van der Waals surface area contributed by atoms with Crippen LogP contribution in [0.4, 0.5) is 0 Å². The predicted octanol–water partition coefficient (Wildman–Crippen LogP) is 3.22. The number of hydrogen-bond donors (Lipinski definition) is 0. The van der Waals surface area contributed by atoms with Crippen molar-refractivity contribution in [1.82, 2.24) is 4.90 Å². The molecule has 1 aromatic carbocycles. The van der Waals surface area contributed by atoms with Crippen molar-refractivity contribution in [3.05, 3.63) is 29.8 Å². The Morgan fingerprint density at radius 1 is 1.14 bits per heavy atom. The van der Waals surface area contributed by atoms with Gasteiger partial charge in [-0.2, -0.15) is 0 Å². The number of amides is 1. The molecule has 0 aliphatic carbocycles. The minimum Gasteiger partial charge on any atom is -0.493 e. The summed E-state index contributed by atoms with van der Waals surface area (Å²) in [7, 11) is 3.21. The molecule has 4 nitrogen and oxygen atoms in total.